The highest BCUT2D eigenvalue weighted by Crippen LogP contribution is 2.25. The van der Waals surface area contributed by atoms with Crippen LogP contribution in [0.15, 0.2) is 55.1 Å². The molecule has 0 amide bonds. The van der Waals surface area contributed by atoms with Crippen molar-refractivity contribution in [2.75, 3.05) is 0 Å². The molecule has 4 rings (SSSR count). The summed E-state index contributed by atoms with van der Waals surface area (Å²) in [5.74, 6) is 0.793. The number of aromatic nitrogens is 5. The van der Waals surface area contributed by atoms with E-state index >= 15 is 0 Å². The fraction of sp³-hybridized carbons (Fsp3) is 0.167. The second-order valence-electron chi connectivity index (χ2n) is 5.96. The number of hydrogen-bond donors (Lipinski definition) is 1. The summed E-state index contributed by atoms with van der Waals surface area (Å²) >= 11 is 0. The van der Waals surface area contributed by atoms with Gasteiger partial charge in [-0.2, -0.15) is 5.10 Å². The third-order valence-corrected chi connectivity index (χ3v) is 4.01. The minimum atomic E-state index is -0.0901. The van der Waals surface area contributed by atoms with Gasteiger partial charge in [-0.3, -0.25) is 4.98 Å². The van der Waals surface area contributed by atoms with Gasteiger partial charge in [-0.1, -0.05) is 18.2 Å². The Balaban J connectivity index is 1.85. The number of fused-ring (bicyclic) bond motifs is 1. The first kappa shape index (κ1) is 14.6. The molecule has 0 saturated heterocycles. The molecule has 6 heteroatoms. The summed E-state index contributed by atoms with van der Waals surface area (Å²) in [6.45, 7) is 1.94. The number of benzene rings is 1. The maximum atomic E-state index is 5.95. The molecule has 3 heterocycles. The first-order valence-electron chi connectivity index (χ1n) is 7.81. The zero-order valence-corrected chi connectivity index (χ0v) is 13.6. The van der Waals surface area contributed by atoms with Crippen LogP contribution in [0.1, 0.15) is 18.7 Å². The maximum absolute atomic E-state index is 5.95. The Morgan fingerprint density at radius 3 is 2.79 bits per heavy atom. The number of pyridine rings is 1. The third kappa shape index (κ3) is 2.47. The van der Waals surface area contributed by atoms with E-state index in [1.807, 2.05) is 53.8 Å². The van der Waals surface area contributed by atoms with E-state index in [1.165, 1.54) is 0 Å². The summed E-state index contributed by atoms with van der Waals surface area (Å²) in [4.78, 5) is 9.05. The van der Waals surface area contributed by atoms with Gasteiger partial charge in [-0.05, 0) is 25.1 Å². The van der Waals surface area contributed by atoms with E-state index < -0.39 is 0 Å². The van der Waals surface area contributed by atoms with Gasteiger partial charge < -0.3 is 10.3 Å². The Morgan fingerprint density at radius 2 is 2.04 bits per heavy atom. The van der Waals surface area contributed by atoms with E-state index in [2.05, 4.69) is 33.3 Å². The molecule has 3 aromatic heterocycles. The zero-order chi connectivity index (χ0) is 16.7. The molecular weight excluding hydrogens is 300 g/mol. The lowest BCUT2D eigenvalue weighted by atomic mass is 10.1. The van der Waals surface area contributed by atoms with Crippen molar-refractivity contribution in [3.8, 4) is 17.1 Å². The van der Waals surface area contributed by atoms with E-state index in [1.54, 1.807) is 6.33 Å². The molecule has 1 atom stereocenters. The van der Waals surface area contributed by atoms with Crippen LogP contribution in [-0.4, -0.2) is 24.3 Å². The lowest BCUT2D eigenvalue weighted by Crippen LogP contribution is -2.07. The minimum absolute atomic E-state index is 0.0901. The average molecular weight is 318 g/mol. The largest absolute Gasteiger partial charge is 0.338 e. The molecule has 6 nitrogen and oxygen atoms in total. The first-order valence-corrected chi connectivity index (χ1v) is 7.81. The van der Waals surface area contributed by atoms with Crippen molar-refractivity contribution in [1.29, 1.82) is 0 Å². The smallest absolute Gasteiger partial charge is 0.171 e. The van der Waals surface area contributed by atoms with E-state index in [9.17, 15) is 0 Å². The Kier molecular flexibility index (Phi) is 3.39. The van der Waals surface area contributed by atoms with Crippen LogP contribution in [0, 0.1) is 0 Å². The lowest BCUT2D eigenvalue weighted by molar-refractivity contribution is 0.782. The van der Waals surface area contributed by atoms with E-state index in [4.69, 9.17) is 5.73 Å². The molecule has 0 aliphatic heterocycles. The Hall–Kier alpha value is -2.99. The summed E-state index contributed by atoms with van der Waals surface area (Å²) in [5, 5.41) is 5.52. The Labute approximate surface area is 139 Å². The van der Waals surface area contributed by atoms with Crippen molar-refractivity contribution >= 4 is 10.9 Å². The van der Waals surface area contributed by atoms with Gasteiger partial charge in [0.2, 0.25) is 0 Å². The minimum Gasteiger partial charge on any atom is -0.338 e. The van der Waals surface area contributed by atoms with Gasteiger partial charge in [0.05, 0.1) is 29.4 Å². The highest BCUT2D eigenvalue weighted by molar-refractivity contribution is 5.84. The predicted octanol–water partition coefficient (Wildman–Crippen LogP) is 2.84. The molecule has 24 heavy (non-hydrogen) atoms. The number of rotatable bonds is 3. The van der Waals surface area contributed by atoms with Crippen LogP contribution in [0.2, 0.25) is 0 Å². The summed E-state index contributed by atoms with van der Waals surface area (Å²) in [7, 11) is 1.94. The first-order chi connectivity index (χ1) is 11.6. The third-order valence-electron chi connectivity index (χ3n) is 4.01. The number of aryl methyl sites for hydroxylation is 1. The molecule has 0 fully saturated rings. The van der Waals surface area contributed by atoms with Gasteiger partial charge in [-0.25, -0.2) is 9.67 Å². The van der Waals surface area contributed by atoms with Crippen LogP contribution in [0.4, 0.5) is 0 Å². The number of imidazole rings is 1. The highest BCUT2D eigenvalue weighted by atomic mass is 15.3. The van der Waals surface area contributed by atoms with Crippen molar-refractivity contribution in [2.24, 2.45) is 12.8 Å². The summed E-state index contributed by atoms with van der Waals surface area (Å²) in [6.07, 6.45) is 5.55. The number of nitrogens with zero attached hydrogens (tertiary/aromatic N) is 5. The average Bonchev–Trinajstić information content (AvgIpc) is 3.20. The molecule has 0 bridgehead atoms. The van der Waals surface area contributed by atoms with Crippen LogP contribution in [0.25, 0.3) is 28.0 Å². The lowest BCUT2D eigenvalue weighted by Gasteiger charge is -2.08. The van der Waals surface area contributed by atoms with E-state index in [-0.39, 0.29) is 6.04 Å². The van der Waals surface area contributed by atoms with Crippen molar-refractivity contribution in [3.63, 3.8) is 0 Å². The fourth-order valence-corrected chi connectivity index (χ4v) is 2.73. The predicted molar refractivity (Wildman–Crippen MR) is 93.7 cm³/mol. The molecule has 0 spiro atoms. The van der Waals surface area contributed by atoms with Crippen LogP contribution >= 0.6 is 0 Å². The molecule has 4 aromatic rings. The van der Waals surface area contributed by atoms with Gasteiger partial charge in [-0.15, -0.1) is 0 Å². The van der Waals surface area contributed by atoms with Crippen molar-refractivity contribution in [1.82, 2.24) is 24.3 Å². The van der Waals surface area contributed by atoms with Crippen LogP contribution in [0.3, 0.4) is 0 Å². The standard InChI is InChI=1S/C18H18N6/c1-12(19)15-4-3-5-16(22-15)13-6-7-14-9-21-24(17(14)8-13)18-10-23(2)11-20-18/h3-12H,19H2,1-2H3. The fourth-order valence-electron chi connectivity index (χ4n) is 2.73. The molecule has 0 aliphatic rings. The highest BCUT2D eigenvalue weighted by Gasteiger charge is 2.10. The second kappa shape index (κ2) is 5.58. The van der Waals surface area contributed by atoms with Crippen molar-refractivity contribution in [3.05, 3.63) is 60.8 Å². The summed E-state index contributed by atoms with van der Waals surface area (Å²) < 4.78 is 3.74. The van der Waals surface area contributed by atoms with Gasteiger partial charge in [0, 0.05) is 30.2 Å². The number of nitrogens with two attached hydrogens (primary N) is 1. The SMILES string of the molecule is CC(N)c1cccc(-c2ccc3cnn(-c4cn(C)cn4)c3c2)n1. The summed E-state index contributed by atoms with van der Waals surface area (Å²) in [6, 6.07) is 12.0. The molecule has 0 saturated carbocycles. The molecular formula is C18H18N6. The molecule has 1 aromatic carbocycles. The molecule has 1 unspecified atom stereocenters. The molecule has 120 valence electrons. The summed E-state index contributed by atoms with van der Waals surface area (Å²) in [5.41, 5.74) is 9.76. The van der Waals surface area contributed by atoms with Crippen LogP contribution in [-0.2, 0) is 7.05 Å². The quantitative estimate of drug-likeness (QED) is 0.630. The second-order valence-corrected chi connectivity index (χ2v) is 5.96. The topological polar surface area (TPSA) is 74.5 Å². The van der Waals surface area contributed by atoms with E-state index in [0.717, 1.165) is 33.7 Å². The normalized spacial score (nSPS) is 12.6. The molecule has 0 radical (unpaired) electrons. The monoisotopic (exact) mass is 318 g/mol. The Morgan fingerprint density at radius 1 is 1.17 bits per heavy atom. The molecule has 0 aliphatic carbocycles. The zero-order valence-electron chi connectivity index (χ0n) is 13.6. The van der Waals surface area contributed by atoms with Gasteiger partial charge in [0.15, 0.2) is 5.82 Å². The van der Waals surface area contributed by atoms with Crippen LogP contribution in [0.5, 0.6) is 0 Å². The van der Waals surface area contributed by atoms with Gasteiger partial charge in [0.25, 0.3) is 0 Å². The Bertz CT molecular complexity index is 1010. The molecule has 2 N–H and O–H groups in total. The van der Waals surface area contributed by atoms with Crippen molar-refractivity contribution < 1.29 is 0 Å². The van der Waals surface area contributed by atoms with Gasteiger partial charge >= 0.3 is 0 Å². The van der Waals surface area contributed by atoms with Crippen LogP contribution < -0.4 is 5.73 Å². The van der Waals surface area contributed by atoms with Gasteiger partial charge in [0.1, 0.15) is 0 Å². The van der Waals surface area contributed by atoms with Crippen molar-refractivity contribution in [2.45, 2.75) is 13.0 Å². The maximum Gasteiger partial charge on any atom is 0.171 e. The number of hydrogen-bond acceptors (Lipinski definition) is 4. The van der Waals surface area contributed by atoms with E-state index in [0.29, 0.717) is 0 Å².